The van der Waals surface area contributed by atoms with Crippen LogP contribution in [0.2, 0.25) is 0 Å². The molecule has 9 nitrogen and oxygen atoms in total. The van der Waals surface area contributed by atoms with Crippen molar-refractivity contribution in [2.75, 3.05) is 19.0 Å². The van der Waals surface area contributed by atoms with Crippen molar-refractivity contribution in [1.82, 2.24) is 4.90 Å². The minimum atomic E-state index is -1.17. The van der Waals surface area contributed by atoms with E-state index < -0.39 is 35.7 Å². The number of carbonyl (C=O) groups excluding carboxylic acids is 3. The van der Waals surface area contributed by atoms with Gasteiger partial charge in [-0.3, -0.25) is 19.3 Å². The molecule has 1 atom stereocenters. The standard InChI is InChI=1S/C24H24N2O7S/c1-13-8-9-17(14(2)10-13)25-20(27)12-26-22(28)19(34-24(26)31)11-16-6-5-7-18(32-4)21(16)33-15(3)23(29)30/h5-11,15H,12H2,1-4H3,(H,25,27)(H,29,30)/b19-11-/t15-/m0/s1. The number of nitrogens with one attached hydrogen (secondary N) is 1. The number of carboxylic acids is 1. The number of anilines is 1. The monoisotopic (exact) mass is 484 g/mol. The number of carboxylic acid groups (broad SMARTS) is 1. The van der Waals surface area contributed by atoms with Gasteiger partial charge in [-0.1, -0.05) is 29.8 Å². The SMILES string of the molecule is COc1cccc(/C=C2\SC(=O)N(CC(=O)Nc3ccc(C)cc3C)C2=O)c1O[C@@H](C)C(=O)O. The Balaban J connectivity index is 1.81. The number of nitrogens with zero attached hydrogens (tertiary/aromatic N) is 1. The van der Waals surface area contributed by atoms with E-state index in [1.165, 1.54) is 20.1 Å². The summed E-state index contributed by atoms with van der Waals surface area (Å²) in [5.41, 5.74) is 2.87. The smallest absolute Gasteiger partial charge is 0.344 e. The number of aliphatic carboxylic acids is 1. The minimum absolute atomic E-state index is 0.0744. The number of aryl methyl sites for hydroxylation is 2. The van der Waals surface area contributed by atoms with Crippen LogP contribution in [-0.4, -0.2) is 52.8 Å². The Hall–Kier alpha value is -3.79. The van der Waals surface area contributed by atoms with Crippen LogP contribution in [0.25, 0.3) is 6.08 Å². The molecule has 0 aromatic heterocycles. The lowest BCUT2D eigenvalue weighted by molar-refractivity contribution is -0.144. The van der Waals surface area contributed by atoms with Crippen LogP contribution in [0.15, 0.2) is 41.3 Å². The first-order chi connectivity index (χ1) is 16.1. The Labute approximate surface area is 200 Å². The average Bonchev–Trinajstić information content (AvgIpc) is 3.04. The predicted molar refractivity (Wildman–Crippen MR) is 128 cm³/mol. The maximum absolute atomic E-state index is 12.9. The average molecular weight is 485 g/mol. The quantitative estimate of drug-likeness (QED) is 0.542. The van der Waals surface area contributed by atoms with E-state index in [-0.39, 0.29) is 16.4 Å². The second-order valence-electron chi connectivity index (χ2n) is 7.61. The summed E-state index contributed by atoms with van der Waals surface area (Å²) >= 11 is 0.683. The number of imide groups is 1. The number of ether oxygens (including phenoxy) is 2. The van der Waals surface area contributed by atoms with E-state index in [9.17, 15) is 24.3 Å². The maximum Gasteiger partial charge on any atom is 0.344 e. The zero-order valence-corrected chi connectivity index (χ0v) is 19.9. The second kappa shape index (κ2) is 10.4. The topological polar surface area (TPSA) is 122 Å². The number of hydrogen-bond donors (Lipinski definition) is 2. The summed E-state index contributed by atoms with van der Waals surface area (Å²) in [6.45, 7) is 4.71. The van der Waals surface area contributed by atoms with Crippen LogP contribution in [0.5, 0.6) is 11.5 Å². The fourth-order valence-corrected chi connectivity index (χ4v) is 4.05. The van der Waals surface area contributed by atoms with Gasteiger partial charge in [-0.05, 0) is 56.3 Å². The van der Waals surface area contributed by atoms with Crippen LogP contribution in [0.4, 0.5) is 10.5 Å². The van der Waals surface area contributed by atoms with Crippen LogP contribution in [0, 0.1) is 13.8 Å². The first-order valence-corrected chi connectivity index (χ1v) is 11.1. The van der Waals surface area contributed by atoms with E-state index in [1.807, 2.05) is 26.0 Å². The van der Waals surface area contributed by atoms with E-state index in [0.29, 0.717) is 23.0 Å². The molecule has 1 fully saturated rings. The third-order valence-corrected chi connectivity index (χ3v) is 5.90. The first-order valence-electron chi connectivity index (χ1n) is 10.3. The van der Waals surface area contributed by atoms with Gasteiger partial charge in [0.05, 0.1) is 12.0 Å². The molecule has 10 heteroatoms. The Kier molecular flexibility index (Phi) is 7.62. The van der Waals surface area contributed by atoms with Gasteiger partial charge in [0.15, 0.2) is 17.6 Å². The van der Waals surface area contributed by atoms with Crippen LogP contribution < -0.4 is 14.8 Å². The molecule has 1 aliphatic rings. The van der Waals surface area contributed by atoms with Crippen molar-refractivity contribution in [2.24, 2.45) is 0 Å². The fraction of sp³-hybridized carbons (Fsp3) is 0.250. The normalized spacial score (nSPS) is 15.4. The largest absolute Gasteiger partial charge is 0.493 e. The number of thioether (sulfide) groups is 1. The number of amides is 3. The number of hydrogen-bond acceptors (Lipinski definition) is 7. The van der Waals surface area contributed by atoms with Gasteiger partial charge in [-0.15, -0.1) is 0 Å². The summed E-state index contributed by atoms with van der Waals surface area (Å²) in [4.78, 5) is 50.0. The molecule has 0 aliphatic carbocycles. The van der Waals surface area contributed by atoms with Gasteiger partial charge in [0, 0.05) is 11.3 Å². The molecule has 178 valence electrons. The van der Waals surface area contributed by atoms with Crippen molar-refractivity contribution in [3.05, 3.63) is 58.0 Å². The molecule has 1 heterocycles. The summed E-state index contributed by atoms with van der Waals surface area (Å²) in [6, 6.07) is 10.4. The number of methoxy groups -OCH3 is 1. The van der Waals surface area contributed by atoms with E-state index in [0.717, 1.165) is 16.0 Å². The van der Waals surface area contributed by atoms with Gasteiger partial charge in [0.25, 0.3) is 11.1 Å². The molecule has 1 saturated heterocycles. The third-order valence-electron chi connectivity index (χ3n) is 4.99. The molecule has 1 aliphatic heterocycles. The van der Waals surface area contributed by atoms with Crippen LogP contribution in [0.3, 0.4) is 0 Å². The summed E-state index contributed by atoms with van der Waals surface area (Å²) < 4.78 is 10.8. The highest BCUT2D eigenvalue weighted by atomic mass is 32.2. The highest BCUT2D eigenvalue weighted by molar-refractivity contribution is 8.18. The maximum atomic E-state index is 12.9. The third kappa shape index (κ3) is 5.57. The molecule has 34 heavy (non-hydrogen) atoms. The lowest BCUT2D eigenvalue weighted by Crippen LogP contribution is -2.36. The molecule has 0 unspecified atom stereocenters. The van der Waals surface area contributed by atoms with Crippen LogP contribution in [-0.2, 0) is 14.4 Å². The van der Waals surface area contributed by atoms with Gasteiger partial charge in [-0.25, -0.2) is 4.79 Å². The predicted octanol–water partition coefficient (Wildman–Crippen LogP) is 3.84. The highest BCUT2D eigenvalue weighted by Crippen LogP contribution is 2.37. The lowest BCUT2D eigenvalue weighted by atomic mass is 10.1. The van der Waals surface area contributed by atoms with Crippen molar-refractivity contribution >= 4 is 46.5 Å². The first kappa shape index (κ1) is 24.8. The minimum Gasteiger partial charge on any atom is -0.493 e. The summed E-state index contributed by atoms with van der Waals surface area (Å²) in [6.07, 6.45) is 0.242. The Morgan fingerprint density at radius 3 is 2.59 bits per heavy atom. The molecule has 3 amide bonds. The molecule has 0 saturated carbocycles. The number of para-hydroxylation sites is 1. The van der Waals surface area contributed by atoms with Crippen molar-refractivity contribution in [1.29, 1.82) is 0 Å². The molecule has 0 bridgehead atoms. The second-order valence-corrected chi connectivity index (χ2v) is 8.60. The Morgan fingerprint density at radius 2 is 1.94 bits per heavy atom. The number of rotatable bonds is 8. The van der Waals surface area contributed by atoms with Gasteiger partial charge in [-0.2, -0.15) is 0 Å². The molecule has 3 rings (SSSR count). The van der Waals surface area contributed by atoms with Crippen molar-refractivity contribution < 1.29 is 33.8 Å². The zero-order chi connectivity index (χ0) is 25.0. The molecule has 2 aromatic carbocycles. The molecular formula is C24H24N2O7S. The molecule has 2 N–H and O–H groups in total. The van der Waals surface area contributed by atoms with E-state index in [2.05, 4.69) is 5.32 Å². The molecule has 0 radical (unpaired) electrons. The zero-order valence-electron chi connectivity index (χ0n) is 19.1. The van der Waals surface area contributed by atoms with E-state index in [1.54, 1.807) is 24.3 Å². The Bertz CT molecular complexity index is 1190. The van der Waals surface area contributed by atoms with E-state index in [4.69, 9.17) is 9.47 Å². The van der Waals surface area contributed by atoms with Crippen molar-refractivity contribution in [2.45, 2.75) is 26.9 Å². The molecule has 0 spiro atoms. The lowest BCUT2D eigenvalue weighted by Gasteiger charge is -2.16. The van der Waals surface area contributed by atoms with Crippen molar-refractivity contribution in [3.63, 3.8) is 0 Å². The van der Waals surface area contributed by atoms with Gasteiger partial charge in [0.2, 0.25) is 5.91 Å². The summed E-state index contributed by atoms with van der Waals surface area (Å²) in [5.74, 6) is -1.91. The van der Waals surface area contributed by atoms with Gasteiger partial charge in [0.1, 0.15) is 6.54 Å². The van der Waals surface area contributed by atoms with Crippen molar-refractivity contribution in [3.8, 4) is 11.5 Å². The molecular weight excluding hydrogens is 460 g/mol. The summed E-state index contributed by atoms with van der Waals surface area (Å²) in [7, 11) is 1.40. The van der Waals surface area contributed by atoms with Crippen LogP contribution in [0.1, 0.15) is 23.6 Å². The number of benzene rings is 2. The van der Waals surface area contributed by atoms with Gasteiger partial charge < -0.3 is 19.9 Å². The van der Waals surface area contributed by atoms with Gasteiger partial charge >= 0.3 is 5.97 Å². The molecule has 2 aromatic rings. The van der Waals surface area contributed by atoms with Crippen LogP contribution >= 0.6 is 11.8 Å². The fourth-order valence-electron chi connectivity index (χ4n) is 3.23. The van der Waals surface area contributed by atoms with E-state index >= 15 is 0 Å². The Morgan fingerprint density at radius 1 is 1.21 bits per heavy atom. The highest BCUT2D eigenvalue weighted by Gasteiger charge is 2.36. The summed E-state index contributed by atoms with van der Waals surface area (Å²) in [5, 5.41) is 11.3. The number of carbonyl (C=O) groups is 4.